The molecule has 1 fully saturated rings. The summed E-state index contributed by atoms with van der Waals surface area (Å²) in [7, 11) is 3.72. The highest BCUT2D eigenvalue weighted by molar-refractivity contribution is 7.16. The van der Waals surface area contributed by atoms with Gasteiger partial charge in [-0.05, 0) is 13.1 Å². The SMILES string of the molecule is COc1ccnc(C(=O)N[C@H]2COC(=O)[C@H](CP)[C@@H](OC(=O)C(C)C)[C@H](C)OC2=O)c1OC(C)OC(C)=O. The number of pyridine rings is 1. The van der Waals surface area contributed by atoms with Crippen molar-refractivity contribution in [3.05, 3.63) is 18.0 Å². The van der Waals surface area contributed by atoms with Gasteiger partial charge in [0.05, 0.1) is 13.0 Å². The number of ether oxygens (including phenoxy) is 6. The lowest BCUT2D eigenvalue weighted by molar-refractivity contribution is -0.175. The number of amides is 1. The van der Waals surface area contributed by atoms with Crippen LogP contribution in [0, 0.1) is 11.8 Å². The van der Waals surface area contributed by atoms with E-state index in [1.165, 1.54) is 40.1 Å². The molecule has 1 amide bonds. The number of esters is 4. The number of rotatable bonds is 9. The monoisotopic (exact) mass is 556 g/mol. The summed E-state index contributed by atoms with van der Waals surface area (Å²) in [5.74, 6) is -5.17. The molecule has 1 saturated heterocycles. The lowest BCUT2D eigenvalue weighted by Gasteiger charge is -2.28. The van der Waals surface area contributed by atoms with Crippen molar-refractivity contribution >= 4 is 39.0 Å². The summed E-state index contributed by atoms with van der Waals surface area (Å²) in [6, 6.07) is -0.00318. The van der Waals surface area contributed by atoms with Crippen molar-refractivity contribution < 1.29 is 52.4 Å². The molecule has 0 bridgehead atoms. The Morgan fingerprint density at radius 1 is 1.21 bits per heavy atom. The minimum Gasteiger partial charge on any atom is -0.493 e. The van der Waals surface area contributed by atoms with E-state index in [0.717, 1.165) is 0 Å². The third-order valence-electron chi connectivity index (χ3n) is 5.34. The van der Waals surface area contributed by atoms with E-state index in [2.05, 4.69) is 19.5 Å². The number of methoxy groups -OCH3 is 1. The van der Waals surface area contributed by atoms with Crippen LogP contribution in [0.1, 0.15) is 45.1 Å². The van der Waals surface area contributed by atoms with Gasteiger partial charge in [-0.3, -0.25) is 19.2 Å². The van der Waals surface area contributed by atoms with Crippen molar-refractivity contribution in [3.63, 3.8) is 0 Å². The highest BCUT2D eigenvalue weighted by Crippen LogP contribution is 2.31. The minimum atomic E-state index is -1.43. The molecule has 1 aliphatic rings. The van der Waals surface area contributed by atoms with Crippen molar-refractivity contribution in [2.75, 3.05) is 19.9 Å². The molecule has 14 heteroatoms. The van der Waals surface area contributed by atoms with Crippen LogP contribution in [-0.2, 0) is 38.1 Å². The van der Waals surface area contributed by atoms with Crippen molar-refractivity contribution in [2.24, 2.45) is 11.8 Å². The molecule has 1 aromatic heterocycles. The van der Waals surface area contributed by atoms with Crippen LogP contribution < -0.4 is 14.8 Å². The lowest BCUT2D eigenvalue weighted by Crippen LogP contribution is -2.47. The molecule has 0 saturated carbocycles. The topological polar surface area (TPSA) is 166 Å². The van der Waals surface area contributed by atoms with Crippen molar-refractivity contribution in [1.29, 1.82) is 0 Å². The quantitative estimate of drug-likeness (QED) is 0.199. The van der Waals surface area contributed by atoms with Gasteiger partial charge in [0, 0.05) is 26.1 Å². The summed E-state index contributed by atoms with van der Waals surface area (Å²) in [4.78, 5) is 66.5. The summed E-state index contributed by atoms with van der Waals surface area (Å²) < 4.78 is 32.0. The van der Waals surface area contributed by atoms with E-state index in [4.69, 9.17) is 28.4 Å². The number of carbonyl (C=O) groups excluding carboxylic acids is 5. The molecule has 6 atom stereocenters. The first-order valence-corrected chi connectivity index (χ1v) is 12.7. The number of aromatic nitrogens is 1. The van der Waals surface area contributed by atoms with Crippen LogP contribution in [0.3, 0.4) is 0 Å². The van der Waals surface area contributed by atoms with Gasteiger partial charge in [-0.15, -0.1) is 9.24 Å². The second-order valence-corrected chi connectivity index (χ2v) is 9.15. The largest absolute Gasteiger partial charge is 0.493 e. The maximum atomic E-state index is 13.2. The van der Waals surface area contributed by atoms with Gasteiger partial charge in [0.1, 0.15) is 18.6 Å². The number of nitrogens with zero attached hydrogens (tertiary/aromatic N) is 1. The van der Waals surface area contributed by atoms with Crippen molar-refractivity contribution in [2.45, 2.75) is 59.2 Å². The first-order chi connectivity index (χ1) is 17.9. The second kappa shape index (κ2) is 13.9. The smallest absolute Gasteiger partial charge is 0.332 e. The van der Waals surface area contributed by atoms with E-state index >= 15 is 0 Å². The Bertz CT molecular complexity index is 1050. The minimum absolute atomic E-state index is 0.111. The zero-order chi connectivity index (χ0) is 28.6. The van der Waals surface area contributed by atoms with E-state index in [-0.39, 0.29) is 23.4 Å². The first kappa shape index (κ1) is 30.8. The number of carbonyl (C=O) groups is 5. The predicted octanol–water partition coefficient (Wildman–Crippen LogP) is 1.02. The van der Waals surface area contributed by atoms with Gasteiger partial charge in [0.15, 0.2) is 29.3 Å². The molecule has 2 heterocycles. The average molecular weight is 557 g/mol. The van der Waals surface area contributed by atoms with Crippen LogP contribution >= 0.6 is 9.24 Å². The van der Waals surface area contributed by atoms with Gasteiger partial charge >= 0.3 is 23.9 Å². The summed E-state index contributed by atoms with van der Waals surface area (Å²) in [5.41, 5.74) is -0.290. The highest BCUT2D eigenvalue weighted by Gasteiger charge is 2.41. The number of hydrogen-bond donors (Lipinski definition) is 1. The fraction of sp³-hybridized carbons (Fsp3) is 0.583. The number of cyclic esters (lactones) is 2. The van der Waals surface area contributed by atoms with E-state index in [9.17, 15) is 24.0 Å². The lowest BCUT2D eigenvalue weighted by atomic mass is 10.00. The molecular weight excluding hydrogens is 523 g/mol. The summed E-state index contributed by atoms with van der Waals surface area (Å²) in [6.07, 6.45) is -1.78. The van der Waals surface area contributed by atoms with Gasteiger partial charge < -0.3 is 33.7 Å². The molecule has 0 aromatic carbocycles. The standard InChI is InChI=1S/C24H33N2O11P/c1-11(2)22(29)37-19-12(3)34-24(31)16(9-33-23(30)15(19)10-38)26-21(28)18-20(17(32-6)7-8-25-18)36-14(5)35-13(4)27/h7-8,11-12,14-16,19H,9-10,38H2,1-6H3,(H,26,28)/t12-,14?,15+,16-,19-/m0/s1. The number of nitrogens with one attached hydrogen (secondary N) is 1. The van der Waals surface area contributed by atoms with E-state index in [1.54, 1.807) is 13.8 Å². The van der Waals surface area contributed by atoms with Gasteiger partial charge in [-0.25, -0.2) is 9.78 Å². The molecule has 0 spiro atoms. The fourth-order valence-electron chi connectivity index (χ4n) is 3.43. The molecule has 1 aliphatic heterocycles. The summed E-state index contributed by atoms with van der Waals surface area (Å²) in [6.45, 7) is 6.81. The Kier molecular flexibility index (Phi) is 11.2. The van der Waals surface area contributed by atoms with Gasteiger partial charge in [0.25, 0.3) is 5.91 Å². The zero-order valence-corrected chi connectivity index (χ0v) is 23.2. The fourth-order valence-corrected chi connectivity index (χ4v) is 3.89. The molecule has 1 aromatic rings. The molecule has 0 radical (unpaired) electrons. The third kappa shape index (κ3) is 8.01. The van der Waals surface area contributed by atoms with Crippen LogP contribution in [0.2, 0.25) is 0 Å². The molecule has 0 aliphatic carbocycles. The third-order valence-corrected chi connectivity index (χ3v) is 5.85. The average Bonchev–Trinajstić information content (AvgIpc) is 2.88. The summed E-state index contributed by atoms with van der Waals surface area (Å²) in [5, 5.41) is 2.42. The molecule has 210 valence electrons. The molecule has 2 unspecified atom stereocenters. The van der Waals surface area contributed by atoms with Crippen LogP contribution in [0.25, 0.3) is 0 Å². The van der Waals surface area contributed by atoms with E-state index < -0.39 is 72.8 Å². The Hall–Kier alpha value is -3.47. The Morgan fingerprint density at radius 2 is 1.89 bits per heavy atom. The van der Waals surface area contributed by atoms with Crippen LogP contribution in [-0.4, -0.2) is 79.2 Å². The molecule has 13 nitrogen and oxygen atoms in total. The maximum Gasteiger partial charge on any atom is 0.332 e. The van der Waals surface area contributed by atoms with Crippen LogP contribution in [0.5, 0.6) is 11.5 Å². The molecule has 1 N–H and O–H groups in total. The van der Waals surface area contributed by atoms with E-state index in [1.807, 2.05) is 0 Å². The van der Waals surface area contributed by atoms with Gasteiger partial charge in [-0.2, -0.15) is 0 Å². The molecule has 38 heavy (non-hydrogen) atoms. The Morgan fingerprint density at radius 3 is 2.47 bits per heavy atom. The van der Waals surface area contributed by atoms with Gasteiger partial charge in [0.2, 0.25) is 6.29 Å². The number of hydrogen-bond acceptors (Lipinski definition) is 12. The van der Waals surface area contributed by atoms with Crippen molar-refractivity contribution in [3.8, 4) is 11.5 Å². The van der Waals surface area contributed by atoms with E-state index in [0.29, 0.717) is 0 Å². The zero-order valence-electron chi connectivity index (χ0n) is 22.0. The second-order valence-electron chi connectivity index (χ2n) is 8.68. The van der Waals surface area contributed by atoms with Crippen LogP contribution in [0.4, 0.5) is 0 Å². The Labute approximate surface area is 222 Å². The highest BCUT2D eigenvalue weighted by atomic mass is 31.0. The molecule has 2 rings (SSSR count). The predicted molar refractivity (Wildman–Crippen MR) is 133 cm³/mol. The molecular formula is C24H33N2O11P. The normalized spacial score (nSPS) is 22.5. The maximum absolute atomic E-state index is 13.2. The Balaban J connectivity index is 2.31. The van der Waals surface area contributed by atoms with Crippen LogP contribution in [0.15, 0.2) is 12.3 Å². The summed E-state index contributed by atoms with van der Waals surface area (Å²) >= 11 is 0. The van der Waals surface area contributed by atoms with Gasteiger partial charge in [-0.1, -0.05) is 13.8 Å². The van der Waals surface area contributed by atoms with Crippen molar-refractivity contribution in [1.82, 2.24) is 10.3 Å². The first-order valence-electron chi connectivity index (χ1n) is 11.8.